The summed E-state index contributed by atoms with van der Waals surface area (Å²) >= 11 is 1.36. The minimum absolute atomic E-state index is 0.0620. The van der Waals surface area contributed by atoms with Crippen LogP contribution in [0.1, 0.15) is 5.56 Å². The maximum absolute atomic E-state index is 12.4. The fourth-order valence-electron chi connectivity index (χ4n) is 2.27. The van der Waals surface area contributed by atoms with Gasteiger partial charge in [-0.2, -0.15) is 0 Å². The highest BCUT2D eigenvalue weighted by atomic mass is 32.2. The van der Waals surface area contributed by atoms with Gasteiger partial charge in [0.25, 0.3) is 5.91 Å². The van der Waals surface area contributed by atoms with Crippen molar-refractivity contribution in [3.8, 4) is 11.5 Å². The molecule has 0 aromatic heterocycles. The lowest BCUT2D eigenvalue weighted by Gasteiger charge is -2.07. The van der Waals surface area contributed by atoms with Crippen LogP contribution in [0.5, 0.6) is 11.5 Å². The number of likely N-dealkylation sites (N-methyl/N-ethyl adjacent to an activating group) is 1. The van der Waals surface area contributed by atoms with Crippen LogP contribution in [0.3, 0.4) is 0 Å². The zero-order valence-corrected chi connectivity index (χ0v) is 15.0. The number of benzene rings is 2. The van der Waals surface area contributed by atoms with Crippen molar-refractivity contribution in [2.75, 3.05) is 21.3 Å². The van der Waals surface area contributed by atoms with Crippen molar-refractivity contribution in [3.63, 3.8) is 0 Å². The molecule has 0 spiro atoms. The van der Waals surface area contributed by atoms with E-state index in [0.717, 1.165) is 22.7 Å². The van der Waals surface area contributed by atoms with Crippen molar-refractivity contribution in [3.05, 3.63) is 59.0 Å². The van der Waals surface area contributed by atoms with E-state index in [9.17, 15) is 4.79 Å². The van der Waals surface area contributed by atoms with Gasteiger partial charge in [0.2, 0.25) is 0 Å². The first kappa shape index (κ1) is 17.1. The Morgan fingerprint density at radius 1 is 0.960 bits per heavy atom. The minimum Gasteiger partial charge on any atom is -0.497 e. The standard InChI is InChI=1S/C19H18N2O3S/c1-21-18(22)17(12-13-4-8-15(23-2)9-5-13)25-19(21)20-14-6-10-16(24-3)11-7-14/h4-12H,1-3H3/b17-12-,20-19?. The molecule has 1 aliphatic rings. The summed E-state index contributed by atoms with van der Waals surface area (Å²) in [6.45, 7) is 0. The third-order valence-corrected chi connectivity index (χ3v) is 4.77. The van der Waals surface area contributed by atoms with Gasteiger partial charge in [-0.05, 0) is 59.8 Å². The fourth-order valence-corrected chi connectivity index (χ4v) is 3.26. The van der Waals surface area contributed by atoms with Crippen molar-refractivity contribution in [2.24, 2.45) is 4.99 Å². The molecule has 5 nitrogen and oxygen atoms in total. The second-order valence-corrected chi connectivity index (χ2v) is 6.35. The van der Waals surface area contributed by atoms with Crippen LogP contribution in [0, 0.1) is 0 Å². The Kier molecular flexibility index (Phi) is 5.09. The van der Waals surface area contributed by atoms with Crippen molar-refractivity contribution in [1.29, 1.82) is 0 Å². The molecule has 1 amide bonds. The number of nitrogens with zero attached hydrogens (tertiary/aromatic N) is 2. The summed E-state index contributed by atoms with van der Waals surface area (Å²) in [6.07, 6.45) is 1.86. The lowest BCUT2D eigenvalue weighted by molar-refractivity contribution is -0.121. The van der Waals surface area contributed by atoms with Gasteiger partial charge in [-0.1, -0.05) is 12.1 Å². The molecule has 128 valence electrons. The number of hydrogen-bond acceptors (Lipinski definition) is 5. The number of methoxy groups -OCH3 is 2. The molecule has 3 rings (SSSR count). The normalized spacial score (nSPS) is 17.4. The summed E-state index contributed by atoms with van der Waals surface area (Å²) in [5.74, 6) is 1.49. The predicted octanol–water partition coefficient (Wildman–Crippen LogP) is 3.94. The van der Waals surface area contributed by atoms with Crippen LogP contribution < -0.4 is 9.47 Å². The first-order valence-electron chi connectivity index (χ1n) is 7.65. The number of amides is 1. The molecule has 0 bridgehead atoms. The van der Waals surface area contributed by atoms with Gasteiger partial charge in [-0.25, -0.2) is 4.99 Å². The average Bonchev–Trinajstić information content (AvgIpc) is 2.91. The Bertz CT molecular complexity index is 827. The van der Waals surface area contributed by atoms with Crippen LogP contribution in [0.4, 0.5) is 5.69 Å². The molecule has 25 heavy (non-hydrogen) atoms. The van der Waals surface area contributed by atoms with Gasteiger partial charge in [-0.3, -0.25) is 9.69 Å². The molecular weight excluding hydrogens is 336 g/mol. The Labute approximate surface area is 151 Å². The highest BCUT2D eigenvalue weighted by Crippen LogP contribution is 2.33. The number of hydrogen-bond donors (Lipinski definition) is 0. The molecule has 1 fully saturated rings. The summed E-state index contributed by atoms with van der Waals surface area (Å²) < 4.78 is 10.3. The molecular formula is C19H18N2O3S. The van der Waals surface area contributed by atoms with Gasteiger partial charge in [-0.15, -0.1) is 0 Å². The summed E-state index contributed by atoms with van der Waals surface area (Å²) in [7, 11) is 4.98. The molecule has 1 heterocycles. The van der Waals surface area contributed by atoms with Crippen LogP contribution in [0.2, 0.25) is 0 Å². The van der Waals surface area contributed by atoms with Crippen LogP contribution in [-0.4, -0.2) is 37.2 Å². The third-order valence-electron chi connectivity index (χ3n) is 3.71. The fraction of sp³-hybridized carbons (Fsp3) is 0.158. The van der Waals surface area contributed by atoms with E-state index in [-0.39, 0.29) is 5.91 Å². The molecule has 0 unspecified atom stereocenters. The highest BCUT2D eigenvalue weighted by molar-refractivity contribution is 8.18. The van der Waals surface area contributed by atoms with E-state index in [2.05, 4.69) is 4.99 Å². The van der Waals surface area contributed by atoms with Gasteiger partial charge in [0, 0.05) is 7.05 Å². The number of rotatable bonds is 4. The SMILES string of the molecule is COc1ccc(/C=C2\SC(=Nc3ccc(OC)cc3)N(C)C2=O)cc1. The summed E-state index contributed by atoms with van der Waals surface area (Å²) in [4.78, 5) is 19.2. The van der Waals surface area contributed by atoms with Crippen LogP contribution in [0.25, 0.3) is 6.08 Å². The van der Waals surface area contributed by atoms with Gasteiger partial charge in [0.15, 0.2) is 5.17 Å². The van der Waals surface area contributed by atoms with Gasteiger partial charge >= 0.3 is 0 Å². The Hall–Kier alpha value is -2.73. The zero-order chi connectivity index (χ0) is 17.8. The monoisotopic (exact) mass is 354 g/mol. The molecule has 1 saturated heterocycles. The number of amidine groups is 1. The first-order valence-corrected chi connectivity index (χ1v) is 8.47. The molecule has 1 aliphatic heterocycles. The van der Waals surface area contributed by atoms with E-state index in [0.29, 0.717) is 10.1 Å². The van der Waals surface area contributed by atoms with E-state index in [4.69, 9.17) is 9.47 Å². The number of thioether (sulfide) groups is 1. The minimum atomic E-state index is -0.0620. The Balaban J connectivity index is 1.83. The molecule has 6 heteroatoms. The van der Waals surface area contributed by atoms with Crippen LogP contribution in [0.15, 0.2) is 58.4 Å². The topological polar surface area (TPSA) is 51.1 Å². The van der Waals surface area contributed by atoms with E-state index in [1.54, 1.807) is 26.2 Å². The van der Waals surface area contributed by atoms with Crippen molar-refractivity contribution in [1.82, 2.24) is 4.90 Å². The Morgan fingerprint density at radius 2 is 1.52 bits per heavy atom. The molecule has 2 aromatic rings. The maximum atomic E-state index is 12.4. The third kappa shape index (κ3) is 3.85. The van der Waals surface area contributed by atoms with Gasteiger partial charge in [0.05, 0.1) is 24.8 Å². The van der Waals surface area contributed by atoms with Crippen LogP contribution >= 0.6 is 11.8 Å². The predicted molar refractivity (Wildman–Crippen MR) is 101 cm³/mol. The number of carbonyl (C=O) groups excluding carboxylic acids is 1. The maximum Gasteiger partial charge on any atom is 0.266 e. The van der Waals surface area contributed by atoms with Gasteiger partial charge < -0.3 is 9.47 Å². The zero-order valence-electron chi connectivity index (χ0n) is 14.2. The van der Waals surface area contributed by atoms with Crippen molar-refractivity contribution in [2.45, 2.75) is 0 Å². The second kappa shape index (κ2) is 7.44. The molecule has 0 atom stereocenters. The van der Waals surface area contributed by atoms with Crippen molar-refractivity contribution < 1.29 is 14.3 Å². The molecule has 0 aliphatic carbocycles. The van der Waals surface area contributed by atoms with E-state index < -0.39 is 0 Å². The number of aliphatic imine (C=N–C) groups is 1. The summed E-state index contributed by atoms with van der Waals surface area (Å²) in [5, 5.41) is 0.648. The quantitative estimate of drug-likeness (QED) is 0.781. The van der Waals surface area contributed by atoms with E-state index in [1.807, 2.05) is 54.6 Å². The smallest absolute Gasteiger partial charge is 0.266 e. The van der Waals surface area contributed by atoms with Crippen molar-refractivity contribution >= 4 is 34.6 Å². The lowest BCUT2D eigenvalue weighted by Crippen LogP contribution is -2.23. The summed E-state index contributed by atoms with van der Waals surface area (Å²) in [5.41, 5.74) is 1.71. The van der Waals surface area contributed by atoms with E-state index >= 15 is 0 Å². The number of ether oxygens (including phenoxy) is 2. The number of carbonyl (C=O) groups is 1. The lowest BCUT2D eigenvalue weighted by atomic mass is 10.2. The van der Waals surface area contributed by atoms with Gasteiger partial charge in [0.1, 0.15) is 11.5 Å². The second-order valence-electron chi connectivity index (χ2n) is 5.34. The highest BCUT2D eigenvalue weighted by Gasteiger charge is 2.30. The largest absolute Gasteiger partial charge is 0.497 e. The average molecular weight is 354 g/mol. The van der Waals surface area contributed by atoms with Crippen LogP contribution in [-0.2, 0) is 4.79 Å². The Morgan fingerprint density at radius 3 is 2.08 bits per heavy atom. The molecule has 2 aromatic carbocycles. The summed E-state index contributed by atoms with van der Waals surface area (Å²) in [6, 6.07) is 15.0. The first-order chi connectivity index (χ1) is 12.1. The molecule has 0 radical (unpaired) electrons. The molecule has 0 saturated carbocycles. The molecule has 0 N–H and O–H groups in total. The van der Waals surface area contributed by atoms with E-state index in [1.165, 1.54) is 11.8 Å².